The minimum absolute atomic E-state index is 0.100. The standard InChI is InChI=1S/C14H15NO5S/c1-9-10(7-13(20-9)14(16)17)8-15-11-3-5-12(6-4-11)21(2,18)19/h3-7,15H,8H2,1-2H3,(H,16,17). The molecule has 6 nitrogen and oxygen atoms in total. The lowest BCUT2D eigenvalue weighted by Crippen LogP contribution is -2.01. The van der Waals surface area contributed by atoms with Gasteiger partial charge in [-0.15, -0.1) is 0 Å². The molecule has 21 heavy (non-hydrogen) atoms. The van der Waals surface area contributed by atoms with Crippen LogP contribution in [0, 0.1) is 6.92 Å². The topological polar surface area (TPSA) is 96.6 Å². The summed E-state index contributed by atoms with van der Waals surface area (Å²) in [6.07, 6.45) is 1.15. The predicted octanol–water partition coefficient (Wildman–Crippen LogP) is 2.30. The predicted molar refractivity (Wildman–Crippen MR) is 77.3 cm³/mol. The van der Waals surface area contributed by atoms with E-state index in [9.17, 15) is 13.2 Å². The van der Waals surface area contributed by atoms with Crippen molar-refractivity contribution < 1.29 is 22.7 Å². The highest BCUT2D eigenvalue weighted by atomic mass is 32.2. The van der Waals surface area contributed by atoms with E-state index >= 15 is 0 Å². The highest BCUT2D eigenvalue weighted by Gasteiger charge is 2.13. The van der Waals surface area contributed by atoms with Gasteiger partial charge in [-0.1, -0.05) is 0 Å². The molecule has 2 aromatic rings. The maximum atomic E-state index is 11.3. The van der Waals surface area contributed by atoms with E-state index in [1.165, 1.54) is 18.2 Å². The van der Waals surface area contributed by atoms with Gasteiger partial charge in [-0.3, -0.25) is 0 Å². The Bertz CT molecular complexity index is 759. The molecule has 1 aromatic carbocycles. The van der Waals surface area contributed by atoms with Crippen LogP contribution in [0.4, 0.5) is 5.69 Å². The summed E-state index contributed by atoms with van der Waals surface area (Å²) in [5, 5.41) is 11.9. The molecule has 0 unspecified atom stereocenters. The first-order chi connectivity index (χ1) is 9.77. The highest BCUT2D eigenvalue weighted by Crippen LogP contribution is 2.18. The molecule has 0 saturated carbocycles. The monoisotopic (exact) mass is 309 g/mol. The Labute approximate surface area is 122 Å². The third kappa shape index (κ3) is 3.63. The van der Waals surface area contributed by atoms with E-state index in [2.05, 4.69) is 5.32 Å². The second-order valence-electron chi connectivity index (χ2n) is 4.65. The second-order valence-corrected chi connectivity index (χ2v) is 6.66. The molecule has 0 spiro atoms. The highest BCUT2D eigenvalue weighted by molar-refractivity contribution is 7.90. The number of aryl methyl sites for hydroxylation is 1. The van der Waals surface area contributed by atoms with Crippen LogP contribution in [-0.4, -0.2) is 25.7 Å². The summed E-state index contributed by atoms with van der Waals surface area (Å²) < 4.78 is 27.8. The van der Waals surface area contributed by atoms with Crippen LogP contribution in [-0.2, 0) is 16.4 Å². The molecule has 0 atom stereocenters. The van der Waals surface area contributed by atoms with Gasteiger partial charge in [0.05, 0.1) is 4.90 Å². The van der Waals surface area contributed by atoms with Gasteiger partial charge in [-0.2, -0.15) is 0 Å². The van der Waals surface area contributed by atoms with Gasteiger partial charge in [0.25, 0.3) is 0 Å². The molecule has 0 amide bonds. The molecule has 0 fully saturated rings. The number of carboxylic acid groups (broad SMARTS) is 1. The zero-order valence-corrected chi connectivity index (χ0v) is 12.4. The van der Waals surface area contributed by atoms with Crippen LogP contribution in [0.3, 0.4) is 0 Å². The number of furan rings is 1. The molecule has 0 saturated heterocycles. The normalized spacial score (nSPS) is 11.3. The number of carbonyl (C=O) groups is 1. The van der Waals surface area contributed by atoms with E-state index in [0.29, 0.717) is 12.3 Å². The van der Waals surface area contributed by atoms with Crippen LogP contribution >= 0.6 is 0 Å². The fourth-order valence-corrected chi connectivity index (χ4v) is 2.45. The molecule has 0 radical (unpaired) electrons. The lowest BCUT2D eigenvalue weighted by Gasteiger charge is -2.06. The van der Waals surface area contributed by atoms with Crippen molar-refractivity contribution in [3.8, 4) is 0 Å². The lowest BCUT2D eigenvalue weighted by atomic mass is 10.2. The van der Waals surface area contributed by atoms with Crippen molar-refractivity contribution in [2.75, 3.05) is 11.6 Å². The number of benzene rings is 1. The number of carboxylic acids is 1. The van der Waals surface area contributed by atoms with Crippen molar-refractivity contribution in [3.63, 3.8) is 0 Å². The molecule has 2 rings (SSSR count). The molecule has 2 N–H and O–H groups in total. The molecule has 7 heteroatoms. The third-order valence-corrected chi connectivity index (χ3v) is 4.13. The quantitative estimate of drug-likeness (QED) is 0.879. The van der Waals surface area contributed by atoms with E-state index in [4.69, 9.17) is 9.52 Å². The average molecular weight is 309 g/mol. The van der Waals surface area contributed by atoms with Crippen LogP contribution in [0.15, 0.2) is 39.6 Å². The molecule has 0 aliphatic heterocycles. The molecule has 1 aromatic heterocycles. The number of aromatic carboxylic acids is 1. The van der Waals surface area contributed by atoms with Crippen LogP contribution in [0.5, 0.6) is 0 Å². The Kier molecular flexibility index (Phi) is 4.04. The smallest absolute Gasteiger partial charge is 0.371 e. The molecular weight excluding hydrogens is 294 g/mol. The van der Waals surface area contributed by atoms with E-state index < -0.39 is 15.8 Å². The maximum absolute atomic E-state index is 11.3. The van der Waals surface area contributed by atoms with Crippen molar-refractivity contribution in [2.24, 2.45) is 0 Å². The number of hydrogen-bond donors (Lipinski definition) is 2. The van der Waals surface area contributed by atoms with E-state index in [0.717, 1.165) is 17.5 Å². The van der Waals surface area contributed by atoms with E-state index in [1.807, 2.05) is 0 Å². The fourth-order valence-electron chi connectivity index (χ4n) is 1.82. The number of sulfone groups is 1. The number of nitrogens with one attached hydrogen (secondary N) is 1. The van der Waals surface area contributed by atoms with Crippen molar-refractivity contribution in [2.45, 2.75) is 18.4 Å². The molecule has 112 valence electrons. The zero-order valence-electron chi connectivity index (χ0n) is 11.6. The van der Waals surface area contributed by atoms with Crippen molar-refractivity contribution >= 4 is 21.5 Å². The van der Waals surface area contributed by atoms with Gasteiger partial charge in [0.15, 0.2) is 9.84 Å². The number of hydrogen-bond acceptors (Lipinski definition) is 5. The van der Waals surface area contributed by atoms with Gasteiger partial charge >= 0.3 is 5.97 Å². The van der Waals surface area contributed by atoms with Crippen LogP contribution < -0.4 is 5.32 Å². The Balaban J connectivity index is 2.08. The van der Waals surface area contributed by atoms with Gasteiger partial charge in [-0.25, -0.2) is 13.2 Å². The van der Waals surface area contributed by atoms with Gasteiger partial charge in [0.2, 0.25) is 5.76 Å². The van der Waals surface area contributed by atoms with Crippen molar-refractivity contribution in [1.29, 1.82) is 0 Å². The van der Waals surface area contributed by atoms with E-state index in [1.54, 1.807) is 19.1 Å². The number of anilines is 1. The van der Waals surface area contributed by atoms with Gasteiger partial charge in [0, 0.05) is 24.1 Å². The molecule has 1 heterocycles. The van der Waals surface area contributed by atoms with Crippen LogP contribution in [0.25, 0.3) is 0 Å². The van der Waals surface area contributed by atoms with E-state index in [-0.39, 0.29) is 10.7 Å². The minimum atomic E-state index is -3.21. The number of rotatable bonds is 5. The average Bonchev–Trinajstić information content (AvgIpc) is 2.77. The maximum Gasteiger partial charge on any atom is 0.371 e. The summed E-state index contributed by atoms with van der Waals surface area (Å²) in [6.45, 7) is 2.08. The summed E-state index contributed by atoms with van der Waals surface area (Å²) >= 11 is 0. The van der Waals surface area contributed by atoms with Crippen LogP contribution in [0.2, 0.25) is 0 Å². The van der Waals surface area contributed by atoms with Gasteiger partial charge < -0.3 is 14.8 Å². The zero-order chi connectivity index (χ0) is 15.6. The third-order valence-electron chi connectivity index (χ3n) is 3.00. The summed E-state index contributed by atoms with van der Waals surface area (Å²) in [5.41, 5.74) is 1.47. The SMILES string of the molecule is Cc1oc(C(=O)O)cc1CNc1ccc(S(C)(=O)=O)cc1. The first-order valence-corrected chi connectivity index (χ1v) is 8.03. The second kappa shape index (κ2) is 5.61. The first kappa shape index (κ1) is 15.1. The molecular formula is C14H15NO5S. The van der Waals surface area contributed by atoms with Crippen molar-refractivity contribution in [1.82, 2.24) is 0 Å². The summed E-state index contributed by atoms with van der Waals surface area (Å²) in [5.74, 6) is -0.675. The Hall–Kier alpha value is -2.28. The van der Waals surface area contributed by atoms with Gasteiger partial charge in [0.1, 0.15) is 5.76 Å². The van der Waals surface area contributed by atoms with Crippen molar-refractivity contribution in [3.05, 3.63) is 47.4 Å². The minimum Gasteiger partial charge on any atom is -0.475 e. The Morgan fingerprint density at radius 2 is 1.90 bits per heavy atom. The lowest BCUT2D eigenvalue weighted by molar-refractivity contribution is 0.0661. The van der Waals surface area contributed by atoms with Gasteiger partial charge in [-0.05, 0) is 37.3 Å². The summed E-state index contributed by atoms with van der Waals surface area (Å²) in [4.78, 5) is 11.1. The molecule has 0 aliphatic carbocycles. The molecule has 0 bridgehead atoms. The Morgan fingerprint density at radius 3 is 2.38 bits per heavy atom. The van der Waals surface area contributed by atoms with Crippen LogP contribution in [0.1, 0.15) is 21.9 Å². The molecule has 0 aliphatic rings. The summed E-state index contributed by atoms with van der Waals surface area (Å²) in [6, 6.07) is 7.81. The first-order valence-electron chi connectivity index (χ1n) is 6.14. The largest absolute Gasteiger partial charge is 0.475 e. The fraction of sp³-hybridized carbons (Fsp3) is 0.214. The Morgan fingerprint density at radius 1 is 1.29 bits per heavy atom. The summed E-state index contributed by atoms with van der Waals surface area (Å²) in [7, 11) is -3.21.